The first-order valence-electron chi connectivity index (χ1n) is 6.47. The fraction of sp³-hybridized carbons (Fsp3) is 0.600. The summed E-state index contributed by atoms with van der Waals surface area (Å²) in [4.78, 5) is 0. The number of fused-ring (bicyclic) bond motifs is 1. The Bertz CT molecular complexity index is 366. The van der Waals surface area contributed by atoms with Crippen LogP contribution in [-0.2, 0) is 13.0 Å². The molecule has 1 heterocycles. The molecule has 0 fully saturated rings. The van der Waals surface area contributed by atoms with Crippen LogP contribution in [0.2, 0.25) is 0 Å². The summed E-state index contributed by atoms with van der Waals surface area (Å²) in [5.41, 5.74) is 4.56. The quantitative estimate of drug-likeness (QED) is 0.586. The zero-order chi connectivity index (χ0) is 11.6. The van der Waals surface area contributed by atoms with E-state index >= 15 is 0 Å². The van der Waals surface area contributed by atoms with Crippen molar-refractivity contribution in [2.75, 3.05) is 20.6 Å². The highest BCUT2D eigenvalue weighted by Gasteiger charge is 2.19. The van der Waals surface area contributed by atoms with Crippen LogP contribution in [0.1, 0.15) is 36.0 Å². The van der Waals surface area contributed by atoms with E-state index in [1.54, 1.807) is 11.1 Å². The molecule has 1 aromatic rings. The van der Waals surface area contributed by atoms with Gasteiger partial charge < -0.3 is 4.48 Å². The first kappa shape index (κ1) is 11.7. The van der Waals surface area contributed by atoms with Crippen molar-refractivity contribution in [2.45, 2.75) is 39.2 Å². The van der Waals surface area contributed by atoms with Gasteiger partial charge in [-0.25, -0.2) is 0 Å². The molecule has 0 spiro atoms. The van der Waals surface area contributed by atoms with E-state index in [-0.39, 0.29) is 0 Å². The van der Waals surface area contributed by atoms with Gasteiger partial charge in [0.15, 0.2) is 0 Å². The third-order valence-electron chi connectivity index (χ3n) is 3.67. The highest BCUT2D eigenvalue weighted by atomic mass is 15.3. The van der Waals surface area contributed by atoms with Crippen molar-refractivity contribution in [1.82, 2.24) is 0 Å². The summed E-state index contributed by atoms with van der Waals surface area (Å²) in [6, 6.07) is 6.99. The first-order chi connectivity index (χ1) is 7.57. The maximum Gasteiger partial charge on any atom is 0.104 e. The second-order valence-electron chi connectivity index (χ2n) is 5.90. The number of hydrogen-bond acceptors (Lipinski definition) is 0. The highest BCUT2D eigenvalue weighted by molar-refractivity contribution is 5.31. The number of aryl methyl sites for hydroxylation is 2. The molecule has 1 nitrogen and oxygen atoms in total. The van der Waals surface area contributed by atoms with Crippen LogP contribution < -0.4 is 0 Å². The molecule has 16 heavy (non-hydrogen) atoms. The van der Waals surface area contributed by atoms with Crippen LogP contribution in [0.3, 0.4) is 0 Å². The maximum absolute atomic E-state index is 2.39. The average Bonchev–Trinajstić information content (AvgIpc) is 2.25. The number of hydrogen-bond donors (Lipinski definition) is 0. The van der Waals surface area contributed by atoms with Crippen LogP contribution >= 0.6 is 0 Å². The summed E-state index contributed by atoms with van der Waals surface area (Å²) in [6.07, 6.45) is 5.39. The number of benzene rings is 1. The highest BCUT2D eigenvalue weighted by Crippen LogP contribution is 2.21. The van der Waals surface area contributed by atoms with Crippen molar-refractivity contribution in [3.05, 3.63) is 34.9 Å². The van der Waals surface area contributed by atoms with Crippen molar-refractivity contribution in [1.29, 1.82) is 0 Å². The predicted octanol–water partition coefficient (Wildman–Crippen LogP) is 3.30. The maximum atomic E-state index is 2.39. The van der Waals surface area contributed by atoms with E-state index in [9.17, 15) is 0 Å². The largest absolute Gasteiger partial charge is 0.325 e. The Morgan fingerprint density at radius 1 is 1.00 bits per heavy atom. The van der Waals surface area contributed by atoms with Crippen LogP contribution in [0.25, 0.3) is 0 Å². The lowest BCUT2D eigenvalue weighted by atomic mass is 9.99. The molecule has 88 valence electrons. The van der Waals surface area contributed by atoms with Crippen molar-refractivity contribution < 1.29 is 4.48 Å². The monoisotopic (exact) mass is 218 g/mol. The van der Waals surface area contributed by atoms with Gasteiger partial charge >= 0.3 is 0 Å². The molecule has 1 aromatic carbocycles. The standard InChI is InChI=1S/C15H24N/c1-13-8-9-14-7-5-4-6-10-16(2,3)12-15(14)11-13/h8-9,11H,4-7,10,12H2,1-3H3/q+1. The minimum atomic E-state index is 1.14. The lowest BCUT2D eigenvalue weighted by Crippen LogP contribution is -2.39. The average molecular weight is 218 g/mol. The van der Waals surface area contributed by atoms with Gasteiger partial charge in [0.25, 0.3) is 0 Å². The molecule has 0 radical (unpaired) electrons. The second kappa shape index (κ2) is 4.58. The number of quaternary nitrogens is 1. The van der Waals surface area contributed by atoms with Gasteiger partial charge in [-0.2, -0.15) is 0 Å². The normalized spacial score (nSPS) is 20.4. The van der Waals surface area contributed by atoms with Crippen LogP contribution in [0.15, 0.2) is 18.2 Å². The molecule has 0 amide bonds. The van der Waals surface area contributed by atoms with Crippen LogP contribution in [-0.4, -0.2) is 25.1 Å². The zero-order valence-corrected chi connectivity index (χ0v) is 10.9. The van der Waals surface area contributed by atoms with E-state index in [1.807, 2.05) is 0 Å². The van der Waals surface area contributed by atoms with E-state index in [2.05, 4.69) is 39.2 Å². The van der Waals surface area contributed by atoms with Crippen LogP contribution in [0.4, 0.5) is 0 Å². The van der Waals surface area contributed by atoms with E-state index in [4.69, 9.17) is 0 Å². The van der Waals surface area contributed by atoms with Crippen LogP contribution in [0, 0.1) is 6.92 Å². The molecular weight excluding hydrogens is 194 g/mol. The Morgan fingerprint density at radius 3 is 2.62 bits per heavy atom. The number of rotatable bonds is 0. The second-order valence-corrected chi connectivity index (χ2v) is 5.90. The van der Waals surface area contributed by atoms with Crippen LogP contribution in [0.5, 0.6) is 0 Å². The predicted molar refractivity (Wildman–Crippen MR) is 69.4 cm³/mol. The fourth-order valence-electron chi connectivity index (χ4n) is 2.72. The molecule has 0 saturated carbocycles. The van der Waals surface area contributed by atoms with Crippen molar-refractivity contribution >= 4 is 0 Å². The third-order valence-corrected chi connectivity index (χ3v) is 3.67. The van der Waals surface area contributed by atoms with Gasteiger partial charge in [0.1, 0.15) is 6.54 Å². The molecule has 0 saturated heterocycles. The van der Waals surface area contributed by atoms with Gasteiger partial charge in [0.05, 0.1) is 20.6 Å². The van der Waals surface area contributed by atoms with Gasteiger partial charge in [0, 0.05) is 5.56 Å². The van der Waals surface area contributed by atoms with Gasteiger partial charge in [-0.05, 0) is 38.2 Å². The topological polar surface area (TPSA) is 0 Å². The van der Waals surface area contributed by atoms with Crippen molar-refractivity contribution in [2.24, 2.45) is 0 Å². The van der Waals surface area contributed by atoms with Crippen molar-refractivity contribution in [3.8, 4) is 0 Å². The Balaban J connectivity index is 2.32. The molecule has 0 aromatic heterocycles. The summed E-state index contributed by atoms with van der Waals surface area (Å²) < 4.78 is 1.14. The minimum Gasteiger partial charge on any atom is -0.325 e. The van der Waals surface area contributed by atoms with E-state index in [0.717, 1.165) is 4.48 Å². The summed E-state index contributed by atoms with van der Waals surface area (Å²) in [6.45, 7) is 4.71. The Morgan fingerprint density at radius 2 is 1.81 bits per heavy atom. The molecule has 0 atom stereocenters. The zero-order valence-electron chi connectivity index (χ0n) is 10.9. The van der Waals surface area contributed by atoms with Gasteiger partial charge in [-0.15, -0.1) is 0 Å². The molecule has 1 heteroatoms. The molecule has 0 unspecified atom stereocenters. The SMILES string of the molecule is Cc1ccc2c(c1)C[N+](C)(C)CCCCC2. The first-order valence-corrected chi connectivity index (χ1v) is 6.47. The number of nitrogens with zero attached hydrogens (tertiary/aromatic N) is 1. The van der Waals surface area contributed by atoms with E-state index < -0.39 is 0 Å². The van der Waals surface area contributed by atoms with Gasteiger partial charge in [-0.3, -0.25) is 0 Å². The lowest BCUT2D eigenvalue weighted by molar-refractivity contribution is -0.903. The summed E-state index contributed by atoms with van der Waals surface area (Å²) in [5, 5.41) is 0. The summed E-state index contributed by atoms with van der Waals surface area (Å²) in [7, 11) is 4.72. The Kier molecular flexibility index (Phi) is 3.34. The lowest BCUT2D eigenvalue weighted by Gasteiger charge is -2.30. The fourth-order valence-corrected chi connectivity index (χ4v) is 2.72. The molecule has 0 bridgehead atoms. The summed E-state index contributed by atoms with van der Waals surface area (Å²) >= 11 is 0. The third kappa shape index (κ3) is 2.85. The molecular formula is C15H24N+. The Labute approximate surface area is 99.7 Å². The molecule has 0 N–H and O–H groups in total. The molecule has 0 aliphatic carbocycles. The van der Waals surface area contributed by atoms with Gasteiger partial charge in [-0.1, -0.05) is 23.8 Å². The minimum absolute atomic E-state index is 1.14. The molecule has 1 aliphatic rings. The van der Waals surface area contributed by atoms with E-state index in [1.165, 1.54) is 44.3 Å². The smallest absolute Gasteiger partial charge is 0.104 e. The molecule has 1 aliphatic heterocycles. The van der Waals surface area contributed by atoms with E-state index in [0.29, 0.717) is 0 Å². The Hall–Kier alpha value is -0.820. The molecule has 2 rings (SSSR count). The summed E-state index contributed by atoms with van der Waals surface area (Å²) in [5.74, 6) is 0. The van der Waals surface area contributed by atoms with Gasteiger partial charge in [0.2, 0.25) is 0 Å². The van der Waals surface area contributed by atoms with Crippen molar-refractivity contribution in [3.63, 3.8) is 0 Å².